The zero-order valence-electron chi connectivity index (χ0n) is 13.0. The number of nitrogens with zero attached hydrogens (tertiary/aromatic N) is 1. The number of anilines is 1. The highest BCUT2D eigenvalue weighted by molar-refractivity contribution is 9.10. The number of methoxy groups -OCH3 is 1. The van der Waals surface area contributed by atoms with E-state index in [2.05, 4.69) is 21.2 Å². The molecule has 2 aromatic rings. The number of halogens is 3. The monoisotopic (exact) mass is 430 g/mol. The van der Waals surface area contributed by atoms with Gasteiger partial charge in [-0.15, -0.1) is 0 Å². The van der Waals surface area contributed by atoms with Gasteiger partial charge in [0, 0.05) is 28.6 Å². The molecular formula is C16H13BrClFN2O4. The zero-order valence-corrected chi connectivity index (χ0v) is 15.3. The van der Waals surface area contributed by atoms with Crippen LogP contribution in [0.1, 0.15) is 18.0 Å². The molecule has 2 rings (SSSR count). The Morgan fingerprint density at radius 1 is 1.44 bits per heavy atom. The van der Waals surface area contributed by atoms with Crippen molar-refractivity contribution in [2.45, 2.75) is 12.5 Å². The van der Waals surface area contributed by atoms with E-state index in [1.165, 1.54) is 37.4 Å². The zero-order chi connectivity index (χ0) is 18.6. The van der Waals surface area contributed by atoms with Crippen LogP contribution in [0.15, 0.2) is 34.8 Å². The topological polar surface area (TPSA) is 81.5 Å². The minimum absolute atomic E-state index is 0.0733. The van der Waals surface area contributed by atoms with Gasteiger partial charge in [0.15, 0.2) is 0 Å². The van der Waals surface area contributed by atoms with Crippen LogP contribution in [0.2, 0.25) is 5.02 Å². The van der Waals surface area contributed by atoms with Crippen molar-refractivity contribution in [3.8, 4) is 5.75 Å². The molecule has 2 aromatic carbocycles. The van der Waals surface area contributed by atoms with Crippen molar-refractivity contribution in [2.75, 3.05) is 12.4 Å². The number of aldehydes is 1. The molecule has 1 atom stereocenters. The first-order chi connectivity index (χ1) is 11.9. The smallest absolute Gasteiger partial charge is 0.292 e. The van der Waals surface area contributed by atoms with Crippen LogP contribution in [0.3, 0.4) is 0 Å². The molecule has 0 heterocycles. The third-order valence-corrected chi connectivity index (χ3v) is 4.57. The SMILES string of the molecule is COc1ccc([N+](=O)[O-])c(N[C@H](CC=O)c2c(Br)ccc(F)c2Cl)c1. The molecule has 0 aliphatic carbocycles. The fraction of sp³-hybridized carbons (Fsp3) is 0.188. The van der Waals surface area contributed by atoms with E-state index in [0.29, 0.717) is 22.1 Å². The van der Waals surface area contributed by atoms with Crippen molar-refractivity contribution in [1.82, 2.24) is 0 Å². The first kappa shape index (κ1) is 19.1. The summed E-state index contributed by atoms with van der Waals surface area (Å²) in [5.41, 5.74) is 0.217. The van der Waals surface area contributed by atoms with Crippen LogP contribution in [-0.2, 0) is 4.79 Å². The molecule has 132 valence electrons. The summed E-state index contributed by atoms with van der Waals surface area (Å²) in [5.74, 6) is -0.264. The molecule has 0 radical (unpaired) electrons. The van der Waals surface area contributed by atoms with Gasteiger partial charge in [0.1, 0.15) is 23.5 Å². The number of carbonyl (C=O) groups is 1. The number of rotatable bonds is 7. The van der Waals surface area contributed by atoms with Crippen molar-refractivity contribution in [2.24, 2.45) is 0 Å². The molecule has 9 heteroatoms. The minimum atomic E-state index is -0.777. The summed E-state index contributed by atoms with van der Waals surface area (Å²) < 4.78 is 19.4. The van der Waals surface area contributed by atoms with E-state index in [-0.39, 0.29) is 22.8 Å². The molecule has 0 aliphatic rings. The normalized spacial score (nSPS) is 11.7. The fourth-order valence-corrected chi connectivity index (χ4v) is 3.33. The van der Waals surface area contributed by atoms with E-state index < -0.39 is 16.8 Å². The second kappa shape index (κ2) is 8.26. The second-order valence-electron chi connectivity index (χ2n) is 5.00. The molecule has 1 N–H and O–H groups in total. The summed E-state index contributed by atoms with van der Waals surface area (Å²) in [4.78, 5) is 21.8. The van der Waals surface area contributed by atoms with E-state index in [1.54, 1.807) is 0 Å². The number of hydrogen-bond donors (Lipinski definition) is 1. The lowest BCUT2D eigenvalue weighted by Gasteiger charge is -2.21. The molecule has 0 saturated carbocycles. The average Bonchev–Trinajstić information content (AvgIpc) is 2.58. The maximum Gasteiger partial charge on any atom is 0.292 e. The molecule has 0 bridgehead atoms. The van der Waals surface area contributed by atoms with E-state index in [4.69, 9.17) is 16.3 Å². The number of benzene rings is 2. The highest BCUT2D eigenvalue weighted by Gasteiger charge is 2.24. The molecule has 0 aliphatic heterocycles. The maximum absolute atomic E-state index is 13.8. The van der Waals surface area contributed by atoms with Crippen LogP contribution in [0, 0.1) is 15.9 Å². The van der Waals surface area contributed by atoms with Gasteiger partial charge in [0.05, 0.1) is 23.1 Å². The summed E-state index contributed by atoms with van der Waals surface area (Å²) >= 11 is 9.31. The first-order valence-corrected chi connectivity index (χ1v) is 8.22. The standard InChI is InChI=1S/C16H13BrClFN2O4/c1-25-9-2-5-14(21(23)24)13(8-9)20-12(6-7-22)15-10(17)3-4-11(19)16(15)18/h2-5,7-8,12,20H,6H2,1H3/t12-/m1/s1. The van der Waals surface area contributed by atoms with Gasteiger partial charge in [-0.2, -0.15) is 0 Å². The summed E-state index contributed by atoms with van der Waals surface area (Å²) in [6.45, 7) is 0. The van der Waals surface area contributed by atoms with Crippen molar-refractivity contribution in [1.29, 1.82) is 0 Å². The molecule has 0 aromatic heterocycles. The lowest BCUT2D eigenvalue weighted by molar-refractivity contribution is -0.384. The highest BCUT2D eigenvalue weighted by Crippen LogP contribution is 2.38. The van der Waals surface area contributed by atoms with Crippen LogP contribution < -0.4 is 10.1 Å². The van der Waals surface area contributed by atoms with Crippen LogP contribution >= 0.6 is 27.5 Å². The largest absolute Gasteiger partial charge is 0.497 e. The van der Waals surface area contributed by atoms with Crippen LogP contribution in [0.4, 0.5) is 15.8 Å². The van der Waals surface area contributed by atoms with Gasteiger partial charge in [-0.05, 0) is 18.2 Å². The van der Waals surface area contributed by atoms with E-state index in [0.717, 1.165) is 0 Å². The third kappa shape index (κ3) is 4.26. The maximum atomic E-state index is 13.8. The Bertz CT molecular complexity index is 819. The Kier molecular flexibility index (Phi) is 6.33. The second-order valence-corrected chi connectivity index (χ2v) is 6.23. The predicted octanol–water partition coefficient (Wildman–Crippen LogP) is 4.90. The fourth-order valence-electron chi connectivity index (χ4n) is 2.31. The van der Waals surface area contributed by atoms with Crippen molar-refractivity contribution in [3.63, 3.8) is 0 Å². The van der Waals surface area contributed by atoms with E-state index >= 15 is 0 Å². The number of carbonyl (C=O) groups excluding carboxylic acids is 1. The predicted molar refractivity (Wildman–Crippen MR) is 95.8 cm³/mol. The molecule has 0 fully saturated rings. The molecule has 0 saturated heterocycles. The van der Waals surface area contributed by atoms with Gasteiger partial charge < -0.3 is 14.8 Å². The summed E-state index contributed by atoms with van der Waals surface area (Å²) in [6, 6.07) is 6.01. The Balaban J connectivity index is 2.53. The molecule has 0 unspecified atom stereocenters. The van der Waals surface area contributed by atoms with Crippen molar-refractivity contribution < 1.29 is 18.8 Å². The Morgan fingerprint density at radius 2 is 2.16 bits per heavy atom. The van der Waals surface area contributed by atoms with Crippen LogP contribution in [0.5, 0.6) is 5.75 Å². The lowest BCUT2D eigenvalue weighted by Crippen LogP contribution is -2.14. The number of ether oxygens (including phenoxy) is 1. The number of nitrogens with one attached hydrogen (secondary N) is 1. The van der Waals surface area contributed by atoms with Gasteiger partial charge in [-0.3, -0.25) is 10.1 Å². The molecule has 6 nitrogen and oxygen atoms in total. The Hall–Kier alpha value is -2.19. The van der Waals surface area contributed by atoms with Gasteiger partial charge in [-0.25, -0.2) is 4.39 Å². The van der Waals surface area contributed by atoms with Gasteiger partial charge >= 0.3 is 0 Å². The number of hydrogen-bond acceptors (Lipinski definition) is 5. The van der Waals surface area contributed by atoms with Crippen molar-refractivity contribution >= 4 is 45.2 Å². The molecule has 25 heavy (non-hydrogen) atoms. The van der Waals surface area contributed by atoms with E-state index in [9.17, 15) is 19.3 Å². The van der Waals surface area contributed by atoms with Gasteiger partial charge in [0.2, 0.25) is 0 Å². The lowest BCUT2D eigenvalue weighted by atomic mass is 10.0. The number of nitro benzene ring substituents is 1. The quantitative estimate of drug-likeness (QED) is 0.292. The molecule has 0 amide bonds. The van der Waals surface area contributed by atoms with Gasteiger partial charge in [-0.1, -0.05) is 27.5 Å². The Morgan fingerprint density at radius 3 is 2.76 bits per heavy atom. The first-order valence-electron chi connectivity index (χ1n) is 7.05. The van der Waals surface area contributed by atoms with Gasteiger partial charge in [0.25, 0.3) is 5.69 Å². The summed E-state index contributed by atoms with van der Waals surface area (Å²) in [5, 5.41) is 14.0. The Labute approximate surface area is 156 Å². The summed E-state index contributed by atoms with van der Waals surface area (Å²) in [6.07, 6.45) is 0.549. The summed E-state index contributed by atoms with van der Waals surface area (Å²) in [7, 11) is 1.42. The molecular weight excluding hydrogens is 419 g/mol. The third-order valence-electron chi connectivity index (χ3n) is 3.49. The highest BCUT2D eigenvalue weighted by atomic mass is 79.9. The minimum Gasteiger partial charge on any atom is -0.497 e. The van der Waals surface area contributed by atoms with Crippen LogP contribution in [0.25, 0.3) is 0 Å². The van der Waals surface area contributed by atoms with Crippen molar-refractivity contribution in [3.05, 3.63) is 61.3 Å². The average molecular weight is 432 g/mol. The van der Waals surface area contributed by atoms with Crippen LogP contribution in [-0.4, -0.2) is 18.3 Å². The number of nitro groups is 1. The molecule has 0 spiro atoms. The van der Waals surface area contributed by atoms with E-state index in [1.807, 2.05) is 0 Å².